The minimum absolute atomic E-state index is 0.0670. The second kappa shape index (κ2) is 6.28. The van der Waals surface area contributed by atoms with Crippen molar-refractivity contribution < 1.29 is 9.53 Å². The molecule has 0 aliphatic carbocycles. The number of amides is 1. The summed E-state index contributed by atoms with van der Waals surface area (Å²) in [6.45, 7) is 7.76. The molecule has 0 saturated heterocycles. The van der Waals surface area contributed by atoms with Gasteiger partial charge in [-0.3, -0.25) is 4.79 Å². The Bertz CT molecular complexity index is 376. The van der Waals surface area contributed by atoms with Crippen molar-refractivity contribution in [1.82, 2.24) is 5.32 Å². The van der Waals surface area contributed by atoms with E-state index in [2.05, 4.69) is 5.32 Å². The van der Waals surface area contributed by atoms with Gasteiger partial charge in [-0.1, -0.05) is 25.1 Å². The molecule has 17 heavy (non-hydrogen) atoms. The number of carbonyl (C=O) groups excluding carboxylic acids is 1. The summed E-state index contributed by atoms with van der Waals surface area (Å²) in [5.41, 5.74) is 1.04. The van der Waals surface area contributed by atoms with Gasteiger partial charge in [0.25, 0.3) is 5.91 Å². The number of hydrogen-bond donors (Lipinski definition) is 1. The van der Waals surface area contributed by atoms with E-state index < -0.39 is 6.10 Å². The number of nitrogens with one attached hydrogen (secondary N) is 1. The molecule has 0 spiro atoms. The Morgan fingerprint density at radius 2 is 2.00 bits per heavy atom. The molecule has 0 radical (unpaired) electrons. The number of hydrogen-bond acceptors (Lipinski definition) is 2. The van der Waals surface area contributed by atoms with Crippen LogP contribution in [0.3, 0.4) is 0 Å². The van der Waals surface area contributed by atoms with Crippen molar-refractivity contribution in [3.63, 3.8) is 0 Å². The van der Waals surface area contributed by atoms with Gasteiger partial charge < -0.3 is 10.1 Å². The summed E-state index contributed by atoms with van der Waals surface area (Å²) in [4.78, 5) is 11.8. The average molecular weight is 235 g/mol. The minimum atomic E-state index is -0.468. The van der Waals surface area contributed by atoms with Crippen LogP contribution in [0.15, 0.2) is 24.3 Å². The van der Waals surface area contributed by atoms with E-state index in [1.54, 1.807) is 6.92 Å². The van der Waals surface area contributed by atoms with Crippen LogP contribution in [0.4, 0.5) is 0 Å². The van der Waals surface area contributed by atoms with Crippen LogP contribution in [0.1, 0.15) is 32.8 Å². The lowest BCUT2D eigenvalue weighted by atomic mass is 10.2. The molecule has 0 bridgehead atoms. The first-order chi connectivity index (χ1) is 8.04. The van der Waals surface area contributed by atoms with Crippen LogP contribution in [0.2, 0.25) is 0 Å². The van der Waals surface area contributed by atoms with Gasteiger partial charge in [-0.2, -0.15) is 0 Å². The quantitative estimate of drug-likeness (QED) is 0.852. The Morgan fingerprint density at radius 1 is 1.35 bits per heavy atom. The van der Waals surface area contributed by atoms with Gasteiger partial charge >= 0.3 is 0 Å². The Hall–Kier alpha value is -1.51. The van der Waals surface area contributed by atoms with Crippen LogP contribution in [-0.2, 0) is 4.79 Å². The van der Waals surface area contributed by atoms with Crippen LogP contribution in [-0.4, -0.2) is 18.1 Å². The molecular weight excluding hydrogens is 214 g/mol. The molecule has 3 nitrogen and oxygen atoms in total. The van der Waals surface area contributed by atoms with Gasteiger partial charge in [0.1, 0.15) is 5.75 Å². The molecule has 0 saturated carbocycles. The highest BCUT2D eigenvalue weighted by atomic mass is 16.5. The fraction of sp³-hybridized carbons (Fsp3) is 0.500. The van der Waals surface area contributed by atoms with Gasteiger partial charge in [-0.05, 0) is 38.8 Å². The molecule has 1 aromatic carbocycles. The van der Waals surface area contributed by atoms with E-state index in [0.717, 1.165) is 17.7 Å². The Kier molecular flexibility index (Phi) is 5.01. The summed E-state index contributed by atoms with van der Waals surface area (Å²) < 4.78 is 5.64. The number of rotatable bonds is 5. The van der Waals surface area contributed by atoms with Gasteiger partial charge in [0.15, 0.2) is 6.10 Å². The highest BCUT2D eigenvalue weighted by Gasteiger charge is 2.16. The van der Waals surface area contributed by atoms with Gasteiger partial charge in [0, 0.05) is 6.04 Å². The van der Waals surface area contributed by atoms with Crippen molar-refractivity contribution in [3.8, 4) is 5.75 Å². The third-order valence-corrected chi connectivity index (χ3v) is 2.77. The van der Waals surface area contributed by atoms with E-state index in [-0.39, 0.29) is 11.9 Å². The van der Waals surface area contributed by atoms with Crippen molar-refractivity contribution in [2.75, 3.05) is 0 Å². The van der Waals surface area contributed by atoms with E-state index in [0.29, 0.717) is 0 Å². The zero-order valence-corrected chi connectivity index (χ0v) is 11.0. The minimum Gasteiger partial charge on any atom is -0.481 e. The highest BCUT2D eigenvalue weighted by molar-refractivity contribution is 5.81. The number of benzene rings is 1. The largest absolute Gasteiger partial charge is 0.481 e. The molecule has 1 aromatic rings. The molecule has 1 rings (SSSR count). The van der Waals surface area contributed by atoms with E-state index >= 15 is 0 Å². The van der Waals surface area contributed by atoms with Gasteiger partial charge in [-0.15, -0.1) is 0 Å². The lowest BCUT2D eigenvalue weighted by Gasteiger charge is -2.18. The number of carbonyl (C=O) groups is 1. The summed E-state index contributed by atoms with van der Waals surface area (Å²) in [5, 5.41) is 2.91. The lowest BCUT2D eigenvalue weighted by molar-refractivity contribution is -0.127. The Morgan fingerprint density at radius 3 is 2.59 bits per heavy atom. The summed E-state index contributed by atoms with van der Waals surface area (Å²) in [6.07, 6.45) is 0.452. The van der Waals surface area contributed by atoms with Gasteiger partial charge in [0.2, 0.25) is 0 Å². The number of aryl methyl sites for hydroxylation is 1. The van der Waals surface area contributed by atoms with Crippen LogP contribution in [0, 0.1) is 6.92 Å². The maximum Gasteiger partial charge on any atom is 0.260 e. The standard InChI is InChI=1S/C14H21NO2/c1-5-11(3)15-14(16)12(4)17-13-9-7-6-8-10(13)2/h6-9,11-12H,5H2,1-4H3,(H,15,16). The molecule has 0 aliphatic heterocycles. The molecule has 0 heterocycles. The predicted octanol–water partition coefficient (Wildman–Crippen LogP) is 2.68. The van der Waals surface area contributed by atoms with Crippen LogP contribution in [0.5, 0.6) is 5.75 Å². The Balaban J connectivity index is 2.57. The first kappa shape index (κ1) is 13.6. The molecule has 2 unspecified atom stereocenters. The van der Waals surface area contributed by atoms with Crippen LogP contribution in [0.25, 0.3) is 0 Å². The average Bonchev–Trinajstić information content (AvgIpc) is 2.31. The number of para-hydroxylation sites is 1. The van der Waals surface area contributed by atoms with E-state index in [4.69, 9.17) is 4.74 Å². The zero-order valence-electron chi connectivity index (χ0n) is 11.0. The normalized spacial score (nSPS) is 13.9. The molecule has 0 aliphatic rings. The molecular formula is C14H21NO2. The van der Waals surface area contributed by atoms with Gasteiger partial charge in [0.05, 0.1) is 0 Å². The predicted molar refractivity (Wildman–Crippen MR) is 69.2 cm³/mol. The first-order valence-electron chi connectivity index (χ1n) is 6.07. The van der Waals surface area contributed by atoms with E-state index in [1.165, 1.54) is 0 Å². The third-order valence-electron chi connectivity index (χ3n) is 2.77. The van der Waals surface area contributed by atoms with E-state index in [9.17, 15) is 4.79 Å². The Labute approximate surface area is 103 Å². The highest BCUT2D eigenvalue weighted by Crippen LogP contribution is 2.17. The summed E-state index contributed by atoms with van der Waals surface area (Å²) >= 11 is 0. The fourth-order valence-corrected chi connectivity index (χ4v) is 1.39. The van der Waals surface area contributed by atoms with Crippen LogP contribution < -0.4 is 10.1 Å². The maximum atomic E-state index is 11.8. The second-order valence-corrected chi connectivity index (χ2v) is 4.34. The second-order valence-electron chi connectivity index (χ2n) is 4.34. The zero-order chi connectivity index (χ0) is 12.8. The molecule has 0 aromatic heterocycles. The smallest absolute Gasteiger partial charge is 0.260 e. The third kappa shape index (κ3) is 4.10. The molecule has 3 heteroatoms. The van der Waals surface area contributed by atoms with Crippen molar-refractivity contribution in [2.24, 2.45) is 0 Å². The summed E-state index contributed by atoms with van der Waals surface area (Å²) in [6, 6.07) is 7.88. The molecule has 0 fully saturated rings. The van der Waals surface area contributed by atoms with Crippen molar-refractivity contribution >= 4 is 5.91 Å². The van der Waals surface area contributed by atoms with Crippen molar-refractivity contribution in [2.45, 2.75) is 46.3 Å². The van der Waals surface area contributed by atoms with Crippen LogP contribution >= 0.6 is 0 Å². The van der Waals surface area contributed by atoms with Crippen molar-refractivity contribution in [1.29, 1.82) is 0 Å². The van der Waals surface area contributed by atoms with Crippen molar-refractivity contribution in [3.05, 3.63) is 29.8 Å². The summed E-state index contributed by atoms with van der Waals surface area (Å²) in [5.74, 6) is 0.696. The van der Waals surface area contributed by atoms with Gasteiger partial charge in [-0.25, -0.2) is 0 Å². The number of ether oxygens (including phenoxy) is 1. The fourth-order valence-electron chi connectivity index (χ4n) is 1.39. The topological polar surface area (TPSA) is 38.3 Å². The molecule has 1 N–H and O–H groups in total. The SMILES string of the molecule is CCC(C)NC(=O)C(C)Oc1ccccc1C. The molecule has 2 atom stereocenters. The first-order valence-corrected chi connectivity index (χ1v) is 6.07. The lowest BCUT2D eigenvalue weighted by Crippen LogP contribution is -2.41. The molecule has 1 amide bonds. The monoisotopic (exact) mass is 235 g/mol. The van der Waals surface area contributed by atoms with E-state index in [1.807, 2.05) is 45.0 Å². The maximum absolute atomic E-state index is 11.8. The summed E-state index contributed by atoms with van der Waals surface area (Å²) in [7, 11) is 0. The molecule has 94 valence electrons.